The van der Waals surface area contributed by atoms with Gasteiger partial charge in [-0.05, 0) is 30.2 Å². The zero-order valence-corrected chi connectivity index (χ0v) is 13.7. The number of aryl methyl sites for hydroxylation is 1. The van der Waals surface area contributed by atoms with E-state index in [1.54, 1.807) is 6.07 Å². The zero-order chi connectivity index (χ0) is 15.6. The van der Waals surface area contributed by atoms with Crippen LogP contribution in [0.15, 0.2) is 47.4 Å². The fourth-order valence-electron chi connectivity index (χ4n) is 2.19. The predicted molar refractivity (Wildman–Crippen MR) is 86.6 cm³/mol. The maximum absolute atomic E-state index is 12.5. The van der Waals surface area contributed by atoms with Crippen LogP contribution in [0.5, 0.6) is 0 Å². The summed E-state index contributed by atoms with van der Waals surface area (Å²) in [7, 11) is -3.67. The summed E-state index contributed by atoms with van der Waals surface area (Å²) in [4.78, 5) is -0.0580. The normalized spacial score (nSPS) is 13.1. The Hall–Kier alpha value is -1.07. The number of hydrogen-bond donors (Lipinski definition) is 1. The summed E-state index contributed by atoms with van der Waals surface area (Å²) in [6, 6.07) is 11.4. The Bertz CT molecular complexity index is 740. The first-order valence-electron chi connectivity index (χ1n) is 6.31. The van der Waals surface area contributed by atoms with Crippen LogP contribution in [-0.2, 0) is 9.84 Å². The molecule has 112 valence electrons. The first kappa shape index (κ1) is 16.3. The largest absolute Gasteiger partial charge is 0.323 e. The maximum atomic E-state index is 12.5. The van der Waals surface area contributed by atoms with Crippen LogP contribution in [0.1, 0.15) is 17.2 Å². The molecule has 2 aromatic rings. The smallest absolute Gasteiger partial charge is 0.183 e. The fourth-order valence-corrected chi connectivity index (χ4v) is 4.84. The monoisotopic (exact) mass is 343 g/mol. The van der Waals surface area contributed by atoms with E-state index < -0.39 is 15.9 Å². The van der Waals surface area contributed by atoms with Crippen molar-refractivity contribution in [3.8, 4) is 0 Å². The van der Waals surface area contributed by atoms with Gasteiger partial charge in [-0.2, -0.15) is 0 Å². The van der Waals surface area contributed by atoms with Crippen LogP contribution in [0.3, 0.4) is 0 Å². The van der Waals surface area contributed by atoms with Crippen molar-refractivity contribution >= 4 is 33.0 Å². The van der Waals surface area contributed by atoms with Gasteiger partial charge in [-0.1, -0.05) is 53.5 Å². The molecular formula is C15H15Cl2NO2S. The summed E-state index contributed by atoms with van der Waals surface area (Å²) in [6.45, 7) is 1.89. The lowest BCUT2D eigenvalue weighted by Gasteiger charge is -2.16. The van der Waals surface area contributed by atoms with Crippen molar-refractivity contribution in [1.29, 1.82) is 0 Å². The second-order valence-corrected chi connectivity index (χ2v) is 7.58. The number of halogens is 2. The Morgan fingerprint density at radius 2 is 1.62 bits per heavy atom. The van der Waals surface area contributed by atoms with Crippen LogP contribution in [0.2, 0.25) is 10.0 Å². The van der Waals surface area contributed by atoms with E-state index in [4.69, 9.17) is 28.9 Å². The summed E-state index contributed by atoms with van der Waals surface area (Å²) in [5, 5.41) is 0.221. The van der Waals surface area contributed by atoms with Crippen LogP contribution in [-0.4, -0.2) is 14.2 Å². The molecule has 2 N–H and O–H groups in total. The molecule has 0 aromatic heterocycles. The fraction of sp³-hybridized carbons (Fsp3) is 0.200. The molecule has 1 atom stereocenters. The molecule has 6 heteroatoms. The van der Waals surface area contributed by atoms with Crippen LogP contribution in [0.4, 0.5) is 0 Å². The van der Waals surface area contributed by atoms with Gasteiger partial charge in [-0.25, -0.2) is 8.42 Å². The van der Waals surface area contributed by atoms with Gasteiger partial charge in [0.25, 0.3) is 0 Å². The molecule has 2 rings (SSSR count). The number of hydrogen-bond acceptors (Lipinski definition) is 3. The van der Waals surface area contributed by atoms with Crippen molar-refractivity contribution in [2.75, 3.05) is 5.75 Å². The lowest BCUT2D eigenvalue weighted by molar-refractivity contribution is 0.589. The van der Waals surface area contributed by atoms with Gasteiger partial charge < -0.3 is 5.73 Å². The molecule has 0 fully saturated rings. The van der Waals surface area contributed by atoms with Crippen molar-refractivity contribution in [3.05, 3.63) is 63.6 Å². The van der Waals surface area contributed by atoms with Gasteiger partial charge in [0, 0.05) is 6.04 Å². The minimum atomic E-state index is -3.67. The Labute approximate surface area is 134 Å². The molecule has 0 heterocycles. The Kier molecular flexibility index (Phi) is 4.94. The van der Waals surface area contributed by atoms with E-state index in [1.807, 2.05) is 31.2 Å². The zero-order valence-electron chi connectivity index (χ0n) is 11.4. The quantitative estimate of drug-likeness (QED) is 0.918. The van der Waals surface area contributed by atoms with Gasteiger partial charge in [0.15, 0.2) is 9.84 Å². The lowest BCUT2D eigenvalue weighted by atomic mass is 10.0. The van der Waals surface area contributed by atoms with E-state index in [-0.39, 0.29) is 20.7 Å². The molecule has 0 saturated heterocycles. The lowest BCUT2D eigenvalue weighted by Crippen LogP contribution is -2.23. The average molecular weight is 344 g/mol. The van der Waals surface area contributed by atoms with Gasteiger partial charge in [-0.3, -0.25) is 0 Å². The molecule has 0 radical (unpaired) electrons. The molecule has 0 aliphatic rings. The Balaban J connectivity index is 2.36. The van der Waals surface area contributed by atoms with E-state index in [0.29, 0.717) is 0 Å². The highest BCUT2D eigenvalue weighted by Crippen LogP contribution is 2.31. The topological polar surface area (TPSA) is 60.2 Å². The van der Waals surface area contributed by atoms with E-state index in [1.165, 1.54) is 12.1 Å². The molecule has 2 aromatic carbocycles. The van der Waals surface area contributed by atoms with Crippen LogP contribution >= 0.6 is 23.2 Å². The maximum Gasteiger partial charge on any atom is 0.183 e. The third-order valence-electron chi connectivity index (χ3n) is 3.22. The summed E-state index contributed by atoms with van der Waals surface area (Å²) in [6.07, 6.45) is 0. The summed E-state index contributed by atoms with van der Waals surface area (Å²) in [5.41, 5.74) is 7.80. The van der Waals surface area contributed by atoms with Gasteiger partial charge in [0.1, 0.15) is 4.90 Å². The molecule has 0 amide bonds. The molecule has 1 unspecified atom stereocenters. The SMILES string of the molecule is Cc1ccccc1C(N)CS(=O)(=O)c1c(Cl)cccc1Cl. The van der Waals surface area contributed by atoms with Crippen molar-refractivity contribution in [2.45, 2.75) is 17.9 Å². The molecule has 0 aliphatic carbocycles. The summed E-state index contributed by atoms with van der Waals surface area (Å²) < 4.78 is 25.0. The van der Waals surface area contributed by atoms with Crippen molar-refractivity contribution in [2.24, 2.45) is 5.73 Å². The van der Waals surface area contributed by atoms with Crippen molar-refractivity contribution in [1.82, 2.24) is 0 Å². The highest BCUT2D eigenvalue weighted by Gasteiger charge is 2.25. The highest BCUT2D eigenvalue weighted by atomic mass is 35.5. The highest BCUT2D eigenvalue weighted by molar-refractivity contribution is 7.91. The third-order valence-corrected chi connectivity index (χ3v) is 5.93. The van der Waals surface area contributed by atoms with Crippen LogP contribution < -0.4 is 5.73 Å². The first-order chi connectivity index (χ1) is 9.83. The van der Waals surface area contributed by atoms with Gasteiger partial charge >= 0.3 is 0 Å². The molecule has 21 heavy (non-hydrogen) atoms. The average Bonchev–Trinajstić information content (AvgIpc) is 2.37. The molecule has 0 bridgehead atoms. The van der Waals surface area contributed by atoms with Crippen molar-refractivity contribution < 1.29 is 8.42 Å². The molecule has 0 aliphatic heterocycles. The van der Waals surface area contributed by atoms with Crippen molar-refractivity contribution in [3.63, 3.8) is 0 Å². The number of nitrogens with two attached hydrogens (primary N) is 1. The van der Waals surface area contributed by atoms with E-state index in [2.05, 4.69) is 0 Å². The molecular weight excluding hydrogens is 329 g/mol. The standard InChI is InChI=1S/C15H15Cl2NO2S/c1-10-5-2-3-6-11(10)14(18)9-21(19,20)15-12(16)7-4-8-13(15)17/h2-8,14H,9,18H2,1H3. The Morgan fingerprint density at radius 1 is 1.05 bits per heavy atom. The van der Waals surface area contributed by atoms with E-state index in [0.717, 1.165) is 11.1 Å². The minimum absolute atomic E-state index is 0.0580. The minimum Gasteiger partial charge on any atom is -0.323 e. The van der Waals surface area contributed by atoms with Crippen LogP contribution in [0, 0.1) is 6.92 Å². The second kappa shape index (κ2) is 6.36. The Morgan fingerprint density at radius 3 is 2.19 bits per heavy atom. The third kappa shape index (κ3) is 3.58. The number of rotatable bonds is 4. The van der Waals surface area contributed by atoms with Gasteiger partial charge in [-0.15, -0.1) is 0 Å². The number of sulfone groups is 1. The van der Waals surface area contributed by atoms with E-state index >= 15 is 0 Å². The number of benzene rings is 2. The molecule has 3 nitrogen and oxygen atoms in total. The summed E-state index contributed by atoms with van der Waals surface area (Å²) in [5.74, 6) is -0.249. The molecule has 0 spiro atoms. The molecule has 0 saturated carbocycles. The summed E-state index contributed by atoms with van der Waals surface area (Å²) >= 11 is 11.9. The van der Waals surface area contributed by atoms with Gasteiger partial charge in [0.2, 0.25) is 0 Å². The van der Waals surface area contributed by atoms with E-state index in [9.17, 15) is 8.42 Å². The van der Waals surface area contributed by atoms with Crippen LogP contribution in [0.25, 0.3) is 0 Å². The predicted octanol–water partition coefficient (Wildman–Crippen LogP) is 3.78. The second-order valence-electron chi connectivity index (χ2n) is 4.80. The first-order valence-corrected chi connectivity index (χ1v) is 8.71. The van der Waals surface area contributed by atoms with Gasteiger partial charge in [0.05, 0.1) is 15.8 Å².